The predicted molar refractivity (Wildman–Crippen MR) is 102 cm³/mol. The Labute approximate surface area is 172 Å². The van der Waals surface area contributed by atoms with Crippen molar-refractivity contribution in [1.29, 1.82) is 0 Å². The average molecular weight is 427 g/mol. The monoisotopic (exact) mass is 426 g/mol. The summed E-state index contributed by atoms with van der Waals surface area (Å²) in [4.78, 5) is 0. The first kappa shape index (κ1) is 20.1. The second kappa shape index (κ2) is 8.65. The number of ether oxygens (including phenoxy) is 4. The highest BCUT2D eigenvalue weighted by Crippen LogP contribution is 2.37. The molecule has 2 unspecified atom stereocenters. The van der Waals surface area contributed by atoms with Gasteiger partial charge in [0.15, 0.2) is 12.6 Å². The number of rotatable bonds is 5. The fourth-order valence-corrected chi connectivity index (χ4v) is 3.58. The molecule has 0 bridgehead atoms. The topological polar surface area (TPSA) is 77.4 Å². The van der Waals surface area contributed by atoms with Gasteiger partial charge in [0.2, 0.25) is 0 Å². The molecule has 0 saturated carbocycles. The van der Waals surface area contributed by atoms with Gasteiger partial charge in [0.1, 0.15) is 24.4 Å². The lowest BCUT2D eigenvalue weighted by molar-refractivity contribution is -0.125. The van der Waals surface area contributed by atoms with Crippen LogP contribution in [0, 0.1) is 0 Å². The SMILES string of the molecule is OC[C@@H]1OC(c2ccc(Cl)cc2)O[C@@H]1[C@@H](O)[C@H]1COC(c2ccc(Cl)cc2)O1. The summed E-state index contributed by atoms with van der Waals surface area (Å²) in [5.74, 6) is 0. The molecular formula is C20H20Cl2O6. The maximum absolute atomic E-state index is 10.8. The Morgan fingerprint density at radius 2 is 1.43 bits per heavy atom. The van der Waals surface area contributed by atoms with Crippen LogP contribution in [-0.4, -0.2) is 47.8 Å². The summed E-state index contributed by atoms with van der Waals surface area (Å²) in [6.07, 6.45) is -4.40. The molecule has 4 rings (SSSR count). The average Bonchev–Trinajstić information content (AvgIpc) is 3.36. The van der Waals surface area contributed by atoms with Crippen molar-refractivity contribution in [2.45, 2.75) is 37.0 Å². The molecule has 2 aromatic carbocycles. The van der Waals surface area contributed by atoms with Gasteiger partial charge in [0.25, 0.3) is 0 Å². The molecule has 6 atom stereocenters. The van der Waals surface area contributed by atoms with E-state index in [-0.39, 0.29) is 13.2 Å². The number of aliphatic hydroxyl groups excluding tert-OH is 2. The molecule has 2 aromatic rings. The molecule has 0 spiro atoms. The van der Waals surface area contributed by atoms with Crippen LogP contribution in [0.3, 0.4) is 0 Å². The zero-order chi connectivity index (χ0) is 19.7. The van der Waals surface area contributed by atoms with Crippen molar-refractivity contribution in [3.63, 3.8) is 0 Å². The lowest BCUT2D eigenvalue weighted by atomic mass is 10.0. The quantitative estimate of drug-likeness (QED) is 0.763. The van der Waals surface area contributed by atoms with E-state index >= 15 is 0 Å². The summed E-state index contributed by atoms with van der Waals surface area (Å²) in [6, 6.07) is 14.1. The van der Waals surface area contributed by atoms with E-state index in [1.54, 1.807) is 36.4 Å². The second-order valence-electron chi connectivity index (χ2n) is 6.72. The summed E-state index contributed by atoms with van der Waals surface area (Å²) in [7, 11) is 0. The fourth-order valence-electron chi connectivity index (χ4n) is 3.33. The molecule has 2 heterocycles. The molecule has 0 radical (unpaired) electrons. The first-order valence-corrected chi connectivity index (χ1v) is 9.68. The Morgan fingerprint density at radius 1 is 0.857 bits per heavy atom. The molecule has 150 valence electrons. The maximum atomic E-state index is 10.8. The molecule has 6 nitrogen and oxygen atoms in total. The van der Waals surface area contributed by atoms with Gasteiger partial charge in [0, 0.05) is 21.2 Å². The third kappa shape index (κ3) is 4.20. The van der Waals surface area contributed by atoms with E-state index in [1.165, 1.54) is 0 Å². The van der Waals surface area contributed by atoms with Crippen molar-refractivity contribution < 1.29 is 29.2 Å². The summed E-state index contributed by atoms with van der Waals surface area (Å²) in [6.45, 7) is -0.0991. The number of benzene rings is 2. The molecule has 8 heteroatoms. The highest BCUT2D eigenvalue weighted by Gasteiger charge is 2.46. The minimum Gasteiger partial charge on any atom is -0.394 e. The summed E-state index contributed by atoms with van der Waals surface area (Å²) in [5.41, 5.74) is 1.56. The zero-order valence-corrected chi connectivity index (χ0v) is 16.3. The van der Waals surface area contributed by atoms with E-state index in [4.69, 9.17) is 42.1 Å². The number of hydrogen-bond donors (Lipinski definition) is 2. The summed E-state index contributed by atoms with van der Waals surface area (Å²) in [5, 5.41) is 21.7. The van der Waals surface area contributed by atoms with Gasteiger partial charge in [-0.05, 0) is 24.3 Å². The van der Waals surface area contributed by atoms with E-state index in [9.17, 15) is 10.2 Å². The third-order valence-corrected chi connectivity index (χ3v) is 5.34. The van der Waals surface area contributed by atoms with Crippen molar-refractivity contribution in [3.8, 4) is 0 Å². The van der Waals surface area contributed by atoms with Crippen molar-refractivity contribution >= 4 is 23.2 Å². The van der Waals surface area contributed by atoms with Gasteiger partial charge in [-0.25, -0.2) is 0 Å². The Hall–Kier alpha value is -1.22. The molecule has 2 saturated heterocycles. The highest BCUT2D eigenvalue weighted by atomic mass is 35.5. The zero-order valence-electron chi connectivity index (χ0n) is 14.8. The normalized spacial score (nSPS) is 31.2. The van der Waals surface area contributed by atoms with Gasteiger partial charge in [-0.15, -0.1) is 0 Å². The van der Waals surface area contributed by atoms with Crippen molar-refractivity contribution in [3.05, 3.63) is 69.7 Å². The Bertz CT molecular complexity index is 784. The Balaban J connectivity index is 1.42. The maximum Gasteiger partial charge on any atom is 0.184 e. The Morgan fingerprint density at radius 3 is 2.00 bits per heavy atom. The first-order chi connectivity index (χ1) is 13.5. The number of aliphatic hydroxyl groups is 2. The lowest BCUT2D eigenvalue weighted by Gasteiger charge is -2.24. The molecule has 2 N–H and O–H groups in total. The van der Waals surface area contributed by atoms with Crippen LogP contribution in [0.15, 0.2) is 48.5 Å². The highest BCUT2D eigenvalue weighted by molar-refractivity contribution is 6.30. The van der Waals surface area contributed by atoms with Crippen molar-refractivity contribution in [1.82, 2.24) is 0 Å². The van der Waals surface area contributed by atoms with Gasteiger partial charge >= 0.3 is 0 Å². The number of halogens is 2. The van der Waals surface area contributed by atoms with E-state index in [0.717, 1.165) is 11.1 Å². The van der Waals surface area contributed by atoms with Crippen LogP contribution in [0.25, 0.3) is 0 Å². The van der Waals surface area contributed by atoms with Crippen LogP contribution < -0.4 is 0 Å². The van der Waals surface area contributed by atoms with E-state index < -0.39 is 37.0 Å². The molecule has 2 aliphatic heterocycles. The van der Waals surface area contributed by atoms with Gasteiger partial charge in [-0.1, -0.05) is 47.5 Å². The summed E-state index contributed by atoms with van der Waals surface area (Å²) < 4.78 is 23.2. The van der Waals surface area contributed by atoms with Gasteiger partial charge < -0.3 is 29.2 Å². The molecule has 28 heavy (non-hydrogen) atoms. The van der Waals surface area contributed by atoms with E-state index in [1.807, 2.05) is 12.1 Å². The predicted octanol–water partition coefficient (Wildman–Crippen LogP) is 3.24. The standard InChI is InChI=1S/C20H20Cl2O6/c21-13-5-1-11(2-6-13)19-25-10-16(27-19)17(24)18-15(9-23)26-20(28-18)12-3-7-14(22)8-4-12/h1-8,15-20,23-24H,9-10H2/t15-,16+,17-,18-,19?,20?/m0/s1. The lowest BCUT2D eigenvalue weighted by Crippen LogP contribution is -2.45. The molecule has 2 aliphatic rings. The Kier molecular flexibility index (Phi) is 6.20. The smallest absolute Gasteiger partial charge is 0.184 e. The number of hydrogen-bond acceptors (Lipinski definition) is 6. The fraction of sp³-hybridized carbons (Fsp3) is 0.400. The van der Waals surface area contributed by atoms with Gasteiger partial charge in [-0.3, -0.25) is 0 Å². The van der Waals surface area contributed by atoms with Crippen LogP contribution in [0.1, 0.15) is 23.7 Å². The van der Waals surface area contributed by atoms with Crippen LogP contribution in [0.2, 0.25) is 10.0 Å². The minimum atomic E-state index is -1.04. The first-order valence-electron chi connectivity index (χ1n) is 8.93. The van der Waals surface area contributed by atoms with Crippen LogP contribution in [-0.2, 0) is 18.9 Å². The summed E-state index contributed by atoms with van der Waals surface area (Å²) >= 11 is 11.8. The second-order valence-corrected chi connectivity index (χ2v) is 7.60. The van der Waals surface area contributed by atoms with Gasteiger partial charge in [-0.2, -0.15) is 0 Å². The van der Waals surface area contributed by atoms with E-state index in [0.29, 0.717) is 10.0 Å². The van der Waals surface area contributed by atoms with Crippen LogP contribution in [0.4, 0.5) is 0 Å². The minimum absolute atomic E-state index is 0.193. The molecule has 2 fully saturated rings. The largest absolute Gasteiger partial charge is 0.394 e. The van der Waals surface area contributed by atoms with Crippen LogP contribution in [0.5, 0.6) is 0 Å². The molecule has 0 amide bonds. The van der Waals surface area contributed by atoms with Crippen molar-refractivity contribution in [2.75, 3.05) is 13.2 Å². The molecular weight excluding hydrogens is 407 g/mol. The van der Waals surface area contributed by atoms with Crippen LogP contribution >= 0.6 is 23.2 Å². The van der Waals surface area contributed by atoms with Gasteiger partial charge in [0.05, 0.1) is 13.2 Å². The van der Waals surface area contributed by atoms with Crippen molar-refractivity contribution in [2.24, 2.45) is 0 Å². The molecule has 0 aliphatic carbocycles. The third-order valence-electron chi connectivity index (χ3n) is 4.84. The molecule has 0 aromatic heterocycles. The van der Waals surface area contributed by atoms with E-state index in [2.05, 4.69) is 0 Å².